The van der Waals surface area contributed by atoms with Crippen molar-refractivity contribution in [3.8, 4) is 0 Å². The largest absolute Gasteiger partial charge is 0.478 e. The van der Waals surface area contributed by atoms with Crippen LogP contribution in [-0.4, -0.2) is 29.4 Å². The van der Waals surface area contributed by atoms with E-state index in [-0.39, 0.29) is 35.4 Å². The van der Waals surface area contributed by atoms with Crippen molar-refractivity contribution in [3.63, 3.8) is 0 Å². The molecule has 1 rings (SSSR count). The molecule has 1 aromatic carbocycles. The number of nitrogens with one attached hydrogen (secondary N) is 2. The Balaban J connectivity index is 2.59. The highest BCUT2D eigenvalue weighted by Gasteiger charge is 2.09. The van der Waals surface area contributed by atoms with Crippen molar-refractivity contribution >= 4 is 35.1 Å². The first kappa shape index (κ1) is 15.0. The molecule has 102 valence electrons. The summed E-state index contributed by atoms with van der Waals surface area (Å²) in [6, 6.07) is 4.02. The predicted octanol–water partition coefficient (Wildman–Crippen LogP) is 1.50. The van der Waals surface area contributed by atoms with Crippen molar-refractivity contribution < 1.29 is 19.5 Å². The topological polar surface area (TPSA) is 95.5 Å². The number of anilines is 1. The minimum absolute atomic E-state index is 0.0428. The Kier molecular flexibility index (Phi) is 5.32. The maximum atomic E-state index is 11.5. The fraction of sp³-hybridized carbons (Fsp3) is 0.250. The van der Waals surface area contributed by atoms with E-state index in [1.165, 1.54) is 25.1 Å². The molecular weight excluding hydrogens is 272 g/mol. The monoisotopic (exact) mass is 284 g/mol. The van der Waals surface area contributed by atoms with Crippen molar-refractivity contribution in [3.05, 3.63) is 28.8 Å². The summed E-state index contributed by atoms with van der Waals surface area (Å²) in [7, 11) is 0. The Hall–Kier alpha value is -2.08. The van der Waals surface area contributed by atoms with Gasteiger partial charge in [-0.25, -0.2) is 4.79 Å². The highest BCUT2D eigenvalue weighted by molar-refractivity contribution is 6.34. The van der Waals surface area contributed by atoms with E-state index in [2.05, 4.69) is 10.6 Å². The first-order chi connectivity index (χ1) is 8.90. The standard InChI is InChI=1S/C12H13ClN2O4/c1-7(16)14-5-4-11(17)15-10-3-2-8(12(18)19)6-9(10)13/h2-3,6H,4-5H2,1H3,(H,14,16)(H,15,17)(H,18,19). The minimum Gasteiger partial charge on any atom is -0.478 e. The SMILES string of the molecule is CC(=O)NCCC(=O)Nc1ccc(C(=O)O)cc1Cl. The molecule has 0 spiro atoms. The van der Waals surface area contributed by atoms with Crippen molar-refractivity contribution in [1.82, 2.24) is 5.32 Å². The van der Waals surface area contributed by atoms with Gasteiger partial charge >= 0.3 is 5.97 Å². The van der Waals surface area contributed by atoms with Gasteiger partial charge in [0.05, 0.1) is 16.3 Å². The Morgan fingerprint density at radius 3 is 2.53 bits per heavy atom. The Labute approximate surface area is 114 Å². The number of benzene rings is 1. The van der Waals surface area contributed by atoms with Crippen LogP contribution in [0.2, 0.25) is 5.02 Å². The van der Waals surface area contributed by atoms with Crippen molar-refractivity contribution in [2.75, 3.05) is 11.9 Å². The van der Waals surface area contributed by atoms with Gasteiger partial charge in [0.1, 0.15) is 0 Å². The van der Waals surface area contributed by atoms with E-state index in [0.717, 1.165) is 0 Å². The molecule has 0 heterocycles. The fourth-order valence-electron chi connectivity index (χ4n) is 1.31. The van der Waals surface area contributed by atoms with Crippen LogP contribution in [0.4, 0.5) is 5.69 Å². The van der Waals surface area contributed by atoms with Gasteiger partial charge in [-0.1, -0.05) is 11.6 Å². The number of carbonyl (C=O) groups is 3. The van der Waals surface area contributed by atoms with Crippen LogP contribution < -0.4 is 10.6 Å². The Bertz CT molecular complexity index is 516. The van der Waals surface area contributed by atoms with Crippen molar-refractivity contribution in [2.45, 2.75) is 13.3 Å². The summed E-state index contributed by atoms with van der Waals surface area (Å²) in [6.45, 7) is 1.59. The van der Waals surface area contributed by atoms with Crippen LogP contribution in [0.5, 0.6) is 0 Å². The van der Waals surface area contributed by atoms with Crippen LogP contribution >= 0.6 is 11.6 Å². The maximum Gasteiger partial charge on any atom is 0.335 e. The molecule has 0 unspecified atom stereocenters. The molecule has 0 saturated carbocycles. The van der Waals surface area contributed by atoms with Gasteiger partial charge in [0.2, 0.25) is 11.8 Å². The Morgan fingerprint density at radius 1 is 1.32 bits per heavy atom. The van der Waals surface area contributed by atoms with Crippen LogP contribution in [-0.2, 0) is 9.59 Å². The second-order valence-corrected chi connectivity index (χ2v) is 4.19. The Morgan fingerprint density at radius 2 is 2.00 bits per heavy atom. The number of carbonyl (C=O) groups excluding carboxylic acids is 2. The second kappa shape index (κ2) is 6.75. The summed E-state index contributed by atoms with van der Waals surface area (Å²) < 4.78 is 0. The van der Waals surface area contributed by atoms with E-state index in [9.17, 15) is 14.4 Å². The lowest BCUT2D eigenvalue weighted by Crippen LogP contribution is -2.25. The van der Waals surface area contributed by atoms with Gasteiger partial charge in [-0.3, -0.25) is 9.59 Å². The van der Waals surface area contributed by atoms with E-state index < -0.39 is 5.97 Å². The molecule has 6 nitrogen and oxygen atoms in total. The number of halogens is 1. The molecule has 0 radical (unpaired) electrons. The number of rotatable bonds is 5. The van der Waals surface area contributed by atoms with E-state index in [0.29, 0.717) is 5.69 Å². The minimum atomic E-state index is -1.09. The van der Waals surface area contributed by atoms with Crippen LogP contribution in [0.15, 0.2) is 18.2 Å². The number of carboxylic acid groups (broad SMARTS) is 1. The predicted molar refractivity (Wildman–Crippen MR) is 70.3 cm³/mol. The molecule has 0 bridgehead atoms. The van der Waals surface area contributed by atoms with Gasteiger partial charge in [-0.2, -0.15) is 0 Å². The lowest BCUT2D eigenvalue weighted by atomic mass is 10.2. The number of hydrogen-bond donors (Lipinski definition) is 3. The number of amides is 2. The van der Waals surface area contributed by atoms with Crippen LogP contribution in [0, 0.1) is 0 Å². The van der Waals surface area contributed by atoms with Gasteiger partial charge < -0.3 is 15.7 Å². The first-order valence-corrected chi connectivity index (χ1v) is 5.85. The third kappa shape index (κ3) is 4.97. The molecule has 0 saturated heterocycles. The molecule has 0 atom stereocenters. The number of carboxylic acids is 1. The molecule has 7 heteroatoms. The lowest BCUT2D eigenvalue weighted by molar-refractivity contribution is -0.119. The van der Waals surface area contributed by atoms with E-state index >= 15 is 0 Å². The normalized spacial score (nSPS) is 9.79. The summed E-state index contributed by atoms with van der Waals surface area (Å²) in [4.78, 5) is 32.9. The fourth-order valence-corrected chi connectivity index (χ4v) is 1.54. The van der Waals surface area contributed by atoms with E-state index in [4.69, 9.17) is 16.7 Å². The highest BCUT2D eigenvalue weighted by atomic mass is 35.5. The molecule has 0 aliphatic carbocycles. The van der Waals surface area contributed by atoms with Crippen LogP contribution in [0.1, 0.15) is 23.7 Å². The molecule has 19 heavy (non-hydrogen) atoms. The van der Waals surface area contributed by atoms with Gasteiger partial charge in [0, 0.05) is 19.9 Å². The van der Waals surface area contributed by atoms with Crippen LogP contribution in [0.25, 0.3) is 0 Å². The third-order valence-electron chi connectivity index (χ3n) is 2.22. The van der Waals surface area contributed by atoms with E-state index in [1.54, 1.807) is 0 Å². The second-order valence-electron chi connectivity index (χ2n) is 3.78. The molecule has 0 aliphatic rings. The van der Waals surface area contributed by atoms with Gasteiger partial charge in [-0.05, 0) is 18.2 Å². The van der Waals surface area contributed by atoms with E-state index in [1.807, 2.05) is 0 Å². The average molecular weight is 285 g/mol. The summed E-state index contributed by atoms with van der Waals surface area (Å²) in [6.07, 6.45) is 0.108. The molecule has 3 N–H and O–H groups in total. The zero-order valence-electron chi connectivity index (χ0n) is 10.2. The highest BCUT2D eigenvalue weighted by Crippen LogP contribution is 2.23. The maximum absolute atomic E-state index is 11.5. The quantitative estimate of drug-likeness (QED) is 0.763. The zero-order valence-corrected chi connectivity index (χ0v) is 11.0. The lowest BCUT2D eigenvalue weighted by Gasteiger charge is -2.08. The summed E-state index contributed by atoms with van der Waals surface area (Å²) >= 11 is 5.85. The van der Waals surface area contributed by atoms with Gasteiger partial charge in [-0.15, -0.1) is 0 Å². The molecule has 2 amide bonds. The molecule has 1 aromatic rings. The van der Waals surface area contributed by atoms with Crippen molar-refractivity contribution in [1.29, 1.82) is 0 Å². The van der Waals surface area contributed by atoms with Crippen LogP contribution in [0.3, 0.4) is 0 Å². The van der Waals surface area contributed by atoms with Gasteiger partial charge in [0.15, 0.2) is 0 Å². The number of aromatic carboxylic acids is 1. The molecular formula is C12H13ClN2O4. The average Bonchev–Trinajstić information content (AvgIpc) is 2.31. The smallest absolute Gasteiger partial charge is 0.335 e. The van der Waals surface area contributed by atoms with Crippen molar-refractivity contribution in [2.24, 2.45) is 0 Å². The molecule has 0 fully saturated rings. The third-order valence-corrected chi connectivity index (χ3v) is 2.53. The molecule has 0 aliphatic heterocycles. The number of hydrogen-bond acceptors (Lipinski definition) is 3. The summed E-state index contributed by atoms with van der Waals surface area (Å²) in [5, 5.41) is 13.9. The summed E-state index contributed by atoms with van der Waals surface area (Å²) in [5.74, 6) is -1.62. The van der Waals surface area contributed by atoms with Gasteiger partial charge in [0.25, 0.3) is 0 Å². The zero-order chi connectivity index (χ0) is 14.4. The molecule has 0 aromatic heterocycles. The summed E-state index contributed by atoms with van der Waals surface area (Å²) in [5.41, 5.74) is 0.376. The first-order valence-electron chi connectivity index (χ1n) is 5.47.